The van der Waals surface area contributed by atoms with E-state index in [9.17, 15) is 4.79 Å². The molecular weight excluding hydrogens is 406 g/mol. The van der Waals surface area contributed by atoms with Crippen molar-refractivity contribution in [1.82, 2.24) is 19.9 Å². The van der Waals surface area contributed by atoms with E-state index in [1.54, 1.807) is 6.20 Å². The van der Waals surface area contributed by atoms with Crippen LogP contribution in [0.2, 0.25) is 0 Å². The largest absolute Gasteiger partial charge is 0.397 e. The molecule has 1 saturated heterocycles. The zero-order chi connectivity index (χ0) is 21.4. The van der Waals surface area contributed by atoms with Gasteiger partial charge in [-0.25, -0.2) is 4.98 Å². The van der Waals surface area contributed by atoms with Crippen molar-refractivity contribution < 1.29 is 4.79 Å². The van der Waals surface area contributed by atoms with Crippen LogP contribution >= 0.6 is 11.3 Å². The summed E-state index contributed by atoms with van der Waals surface area (Å²) in [5.74, 6) is 0.159. The molecule has 1 fully saturated rings. The van der Waals surface area contributed by atoms with E-state index in [0.29, 0.717) is 17.1 Å². The number of aromatic nitrogens is 3. The van der Waals surface area contributed by atoms with Crippen LogP contribution in [0.4, 0.5) is 5.69 Å². The molecule has 6 nitrogen and oxygen atoms in total. The van der Waals surface area contributed by atoms with Gasteiger partial charge in [-0.15, -0.1) is 11.3 Å². The van der Waals surface area contributed by atoms with E-state index in [0.717, 1.165) is 52.4 Å². The lowest BCUT2D eigenvalue weighted by Crippen LogP contribution is -2.39. The zero-order valence-electron chi connectivity index (χ0n) is 17.3. The maximum absolute atomic E-state index is 13.4. The molecule has 1 aliphatic heterocycles. The topological polar surface area (TPSA) is 85.0 Å². The van der Waals surface area contributed by atoms with Crippen LogP contribution in [0, 0.1) is 6.92 Å². The highest BCUT2D eigenvalue weighted by atomic mass is 32.1. The van der Waals surface area contributed by atoms with Crippen molar-refractivity contribution in [3.05, 3.63) is 71.0 Å². The van der Waals surface area contributed by atoms with Gasteiger partial charge in [-0.05, 0) is 44.0 Å². The molecule has 156 valence electrons. The number of pyridine rings is 2. The summed E-state index contributed by atoms with van der Waals surface area (Å²) < 4.78 is 0. The fourth-order valence-electron chi connectivity index (χ4n) is 4.20. The molecular formula is C24H23N5OS. The number of piperidine rings is 1. The first kappa shape index (κ1) is 19.6. The Kier molecular flexibility index (Phi) is 5.11. The van der Waals surface area contributed by atoms with Crippen LogP contribution in [0.15, 0.2) is 54.7 Å². The number of carbonyl (C=O) groups excluding carboxylic acids is 1. The number of thiazole rings is 1. The molecule has 1 atom stereocenters. The summed E-state index contributed by atoms with van der Waals surface area (Å²) in [5, 5.41) is 1.81. The number of aryl methyl sites for hydroxylation is 1. The van der Waals surface area contributed by atoms with Gasteiger partial charge in [-0.3, -0.25) is 14.8 Å². The summed E-state index contributed by atoms with van der Waals surface area (Å²) in [7, 11) is 0. The smallest absolute Gasteiger partial charge is 0.265 e. The zero-order valence-corrected chi connectivity index (χ0v) is 18.1. The summed E-state index contributed by atoms with van der Waals surface area (Å²) in [4.78, 5) is 29.8. The third-order valence-electron chi connectivity index (χ3n) is 5.75. The molecule has 4 aromatic rings. The van der Waals surface area contributed by atoms with Crippen molar-refractivity contribution in [2.45, 2.75) is 25.7 Å². The number of benzene rings is 1. The van der Waals surface area contributed by atoms with Crippen molar-refractivity contribution in [1.29, 1.82) is 0 Å². The van der Waals surface area contributed by atoms with Gasteiger partial charge in [0.1, 0.15) is 9.88 Å². The SMILES string of the molecule is Cc1nc(-c2ccccn2)sc1C(=O)N1CCC[C@@H](c2nc3ccccc3cc2N)C1. The second-order valence-corrected chi connectivity index (χ2v) is 8.89. The molecule has 0 spiro atoms. The Morgan fingerprint density at radius 3 is 2.84 bits per heavy atom. The Morgan fingerprint density at radius 1 is 1.16 bits per heavy atom. The van der Waals surface area contributed by atoms with Crippen molar-refractivity contribution in [3.63, 3.8) is 0 Å². The van der Waals surface area contributed by atoms with E-state index < -0.39 is 0 Å². The lowest BCUT2D eigenvalue weighted by molar-refractivity contribution is 0.0710. The molecule has 1 amide bonds. The van der Waals surface area contributed by atoms with Crippen molar-refractivity contribution in [2.75, 3.05) is 18.8 Å². The average molecular weight is 430 g/mol. The Labute approximate surface area is 184 Å². The highest BCUT2D eigenvalue weighted by Crippen LogP contribution is 2.33. The van der Waals surface area contributed by atoms with Gasteiger partial charge in [0.25, 0.3) is 5.91 Å². The van der Waals surface area contributed by atoms with Gasteiger partial charge in [0.15, 0.2) is 0 Å². The highest BCUT2D eigenvalue weighted by Gasteiger charge is 2.30. The van der Waals surface area contributed by atoms with Crippen molar-refractivity contribution in [3.8, 4) is 10.7 Å². The number of nitrogen functional groups attached to an aromatic ring is 1. The molecule has 0 unspecified atom stereocenters. The maximum Gasteiger partial charge on any atom is 0.265 e. The number of fused-ring (bicyclic) bond motifs is 1. The monoisotopic (exact) mass is 429 g/mol. The van der Waals surface area contributed by atoms with E-state index in [-0.39, 0.29) is 11.8 Å². The maximum atomic E-state index is 13.4. The molecule has 0 bridgehead atoms. The van der Waals surface area contributed by atoms with Gasteiger partial charge in [0.05, 0.1) is 28.3 Å². The standard InChI is InChI=1S/C24H23N5OS/c1-15-22(31-23(27-15)20-10-4-5-11-26-20)24(30)29-12-6-8-17(14-29)21-18(25)13-16-7-2-3-9-19(16)28-21/h2-5,7,9-11,13,17H,6,8,12,14,25H2,1H3/t17-/m1/s1. The molecule has 5 rings (SSSR count). The molecule has 2 N–H and O–H groups in total. The van der Waals surface area contributed by atoms with Gasteiger partial charge >= 0.3 is 0 Å². The molecule has 1 aromatic carbocycles. The van der Waals surface area contributed by atoms with Crippen LogP contribution in [0.5, 0.6) is 0 Å². The van der Waals surface area contributed by atoms with Gasteiger partial charge in [0, 0.05) is 30.6 Å². The third-order valence-corrected chi connectivity index (χ3v) is 6.92. The van der Waals surface area contributed by atoms with Gasteiger partial charge in [0.2, 0.25) is 0 Å². The predicted octanol–water partition coefficient (Wildman–Crippen LogP) is 4.66. The summed E-state index contributed by atoms with van der Waals surface area (Å²) in [6.07, 6.45) is 3.64. The molecule has 0 saturated carbocycles. The number of carbonyl (C=O) groups is 1. The molecule has 7 heteroatoms. The number of hydrogen-bond acceptors (Lipinski definition) is 6. The highest BCUT2D eigenvalue weighted by molar-refractivity contribution is 7.17. The molecule has 4 heterocycles. The number of likely N-dealkylation sites (tertiary alicyclic amines) is 1. The number of hydrogen-bond donors (Lipinski definition) is 1. The first-order valence-corrected chi connectivity index (χ1v) is 11.2. The average Bonchev–Trinajstić information content (AvgIpc) is 3.20. The Balaban J connectivity index is 1.40. The van der Waals surface area contributed by atoms with E-state index in [2.05, 4.69) is 9.97 Å². The number of anilines is 1. The number of para-hydroxylation sites is 1. The van der Waals surface area contributed by atoms with Gasteiger partial charge in [-0.1, -0.05) is 24.3 Å². The van der Waals surface area contributed by atoms with E-state index in [1.807, 2.05) is 60.4 Å². The van der Waals surface area contributed by atoms with Crippen LogP contribution < -0.4 is 5.73 Å². The number of amides is 1. The fraction of sp³-hybridized carbons (Fsp3) is 0.250. The van der Waals surface area contributed by atoms with Crippen LogP contribution in [0.3, 0.4) is 0 Å². The molecule has 31 heavy (non-hydrogen) atoms. The number of rotatable bonds is 3. The Hall–Kier alpha value is -3.32. The third kappa shape index (κ3) is 3.77. The van der Waals surface area contributed by atoms with Crippen LogP contribution in [-0.2, 0) is 0 Å². The molecule has 0 aliphatic carbocycles. The van der Waals surface area contributed by atoms with E-state index >= 15 is 0 Å². The lowest BCUT2D eigenvalue weighted by Gasteiger charge is -2.33. The number of nitrogens with zero attached hydrogens (tertiary/aromatic N) is 4. The normalized spacial score (nSPS) is 16.5. The van der Waals surface area contributed by atoms with Crippen LogP contribution in [0.1, 0.15) is 39.8 Å². The van der Waals surface area contributed by atoms with Gasteiger partial charge in [-0.2, -0.15) is 0 Å². The van der Waals surface area contributed by atoms with E-state index in [1.165, 1.54) is 11.3 Å². The minimum absolute atomic E-state index is 0.0289. The molecule has 3 aromatic heterocycles. The minimum Gasteiger partial charge on any atom is -0.397 e. The fourth-order valence-corrected chi connectivity index (χ4v) is 5.21. The quantitative estimate of drug-likeness (QED) is 0.512. The van der Waals surface area contributed by atoms with E-state index in [4.69, 9.17) is 10.7 Å². The Morgan fingerprint density at radius 2 is 2.00 bits per heavy atom. The molecule has 0 radical (unpaired) electrons. The first-order valence-electron chi connectivity index (χ1n) is 10.4. The van der Waals surface area contributed by atoms with Crippen LogP contribution in [-0.4, -0.2) is 38.8 Å². The second kappa shape index (κ2) is 8.07. The predicted molar refractivity (Wildman–Crippen MR) is 124 cm³/mol. The second-order valence-electron chi connectivity index (χ2n) is 7.89. The van der Waals surface area contributed by atoms with Crippen molar-refractivity contribution in [2.24, 2.45) is 0 Å². The van der Waals surface area contributed by atoms with Crippen LogP contribution in [0.25, 0.3) is 21.6 Å². The lowest BCUT2D eigenvalue weighted by atomic mass is 9.92. The summed E-state index contributed by atoms with van der Waals surface area (Å²) in [6, 6.07) is 15.7. The van der Waals surface area contributed by atoms with Gasteiger partial charge < -0.3 is 10.6 Å². The van der Waals surface area contributed by atoms with Crippen molar-refractivity contribution >= 4 is 33.8 Å². The Bertz CT molecular complexity index is 1250. The summed E-state index contributed by atoms with van der Waals surface area (Å²) in [5.41, 5.74) is 10.4. The molecule has 1 aliphatic rings. The first-order chi connectivity index (χ1) is 15.1. The summed E-state index contributed by atoms with van der Waals surface area (Å²) in [6.45, 7) is 3.24. The summed E-state index contributed by atoms with van der Waals surface area (Å²) >= 11 is 1.41. The minimum atomic E-state index is 0.0289. The number of nitrogens with two attached hydrogens (primary N) is 1.